The van der Waals surface area contributed by atoms with Crippen LogP contribution in [-0.2, 0) is 0 Å². The van der Waals surface area contributed by atoms with Gasteiger partial charge in [-0.3, -0.25) is 0 Å². The van der Waals surface area contributed by atoms with E-state index in [4.69, 9.17) is 5.41 Å². The lowest BCUT2D eigenvalue weighted by atomic mass is 9.52. The van der Waals surface area contributed by atoms with Crippen LogP contribution in [0.25, 0.3) is 0 Å². The summed E-state index contributed by atoms with van der Waals surface area (Å²) in [7, 11) is 0. The molecule has 0 radical (unpaired) electrons. The largest absolute Gasteiger partial charge is 0.305 e. The van der Waals surface area contributed by atoms with Gasteiger partial charge in [-0.25, -0.2) is 0 Å². The standard InChI is InChI=1S/C19H24N4/c1-5-16-14-8-12(18(2,3)4)6-7-13(14)15(9-20)17(23)19(16,10-21)11-22/h7,12,14-16,23H,5-6,8H2,1-4H3. The van der Waals surface area contributed by atoms with Crippen LogP contribution in [0.5, 0.6) is 0 Å². The maximum Gasteiger partial charge on any atom is 0.185 e. The Morgan fingerprint density at radius 2 is 1.87 bits per heavy atom. The Morgan fingerprint density at radius 3 is 2.30 bits per heavy atom. The van der Waals surface area contributed by atoms with E-state index in [1.165, 1.54) is 0 Å². The van der Waals surface area contributed by atoms with Crippen LogP contribution in [-0.4, -0.2) is 5.71 Å². The Balaban J connectivity index is 2.58. The molecule has 1 N–H and O–H groups in total. The minimum atomic E-state index is -1.46. The number of nitriles is 3. The SMILES string of the molecule is CCC1C2CC(C(C)(C)C)CC=C2C(C#N)C(=N)C1(C#N)C#N. The molecule has 1 fully saturated rings. The molecule has 23 heavy (non-hydrogen) atoms. The van der Waals surface area contributed by atoms with E-state index in [-0.39, 0.29) is 23.0 Å². The highest BCUT2D eigenvalue weighted by Gasteiger charge is 2.56. The smallest absolute Gasteiger partial charge is 0.185 e. The summed E-state index contributed by atoms with van der Waals surface area (Å²) in [5.74, 6) is -0.406. The molecule has 0 aromatic rings. The first kappa shape index (κ1) is 17.2. The van der Waals surface area contributed by atoms with E-state index < -0.39 is 11.3 Å². The highest BCUT2D eigenvalue weighted by atomic mass is 14.6. The summed E-state index contributed by atoms with van der Waals surface area (Å²) in [6.07, 6.45) is 4.59. The summed E-state index contributed by atoms with van der Waals surface area (Å²) < 4.78 is 0. The van der Waals surface area contributed by atoms with Gasteiger partial charge in [0.2, 0.25) is 0 Å². The summed E-state index contributed by atoms with van der Waals surface area (Å²) >= 11 is 0. The van der Waals surface area contributed by atoms with Gasteiger partial charge in [0.1, 0.15) is 5.92 Å². The predicted molar refractivity (Wildman–Crippen MR) is 88.0 cm³/mol. The normalized spacial score (nSPS) is 32.7. The molecule has 0 spiro atoms. The molecule has 120 valence electrons. The molecule has 0 aromatic carbocycles. The van der Waals surface area contributed by atoms with Gasteiger partial charge in [-0.05, 0) is 42.1 Å². The zero-order valence-corrected chi connectivity index (χ0v) is 14.3. The number of nitrogens with one attached hydrogen (secondary N) is 1. The molecule has 0 bridgehead atoms. The van der Waals surface area contributed by atoms with Gasteiger partial charge < -0.3 is 5.41 Å². The van der Waals surface area contributed by atoms with Crippen LogP contribution in [0, 0.1) is 73.9 Å². The fourth-order valence-electron chi connectivity index (χ4n) is 4.34. The lowest BCUT2D eigenvalue weighted by Gasteiger charge is -2.48. The van der Waals surface area contributed by atoms with Gasteiger partial charge in [0, 0.05) is 5.92 Å². The second-order valence-electron chi connectivity index (χ2n) is 7.87. The second-order valence-corrected chi connectivity index (χ2v) is 7.87. The molecule has 0 heterocycles. The summed E-state index contributed by atoms with van der Waals surface area (Å²) in [5, 5.41) is 37.3. The molecule has 4 heteroatoms. The summed E-state index contributed by atoms with van der Waals surface area (Å²) in [4.78, 5) is 0. The van der Waals surface area contributed by atoms with Crippen molar-refractivity contribution < 1.29 is 0 Å². The molecular weight excluding hydrogens is 284 g/mol. The van der Waals surface area contributed by atoms with Crippen LogP contribution >= 0.6 is 0 Å². The van der Waals surface area contributed by atoms with Crippen LogP contribution in [0.2, 0.25) is 0 Å². The molecule has 1 saturated carbocycles. The fourth-order valence-corrected chi connectivity index (χ4v) is 4.34. The first-order chi connectivity index (χ1) is 10.8. The Hall–Kier alpha value is -2.12. The van der Waals surface area contributed by atoms with Crippen molar-refractivity contribution >= 4 is 5.71 Å². The van der Waals surface area contributed by atoms with Crippen molar-refractivity contribution in [3.05, 3.63) is 11.6 Å². The molecule has 0 aromatic heterocycles. The van der Waals surface area contributed by atoms with Crippen LogP contribution in [0.4, 0.5) is 0 Å². The van der Waals surface area contributed by atoms with Crippen molar-refractivity contribution in [3.8, 4) is 18.2 Å². The third kappa shape index (κ3) is 2.46. The number of fused-ring (bicyclic) bond motifs is 1. The van der Waals surface area contributed by atoms with E-state index in [9.17, 15) is 15.8 Å². The molecule has 4 unspecified atom stereocenters. The van der Waals surface area contributed by atoms with E-state index in [1.54, 1.807) is 0 Å². The maximum atomic E-state index is 9.70. The van der Waals surface area contributed by atoms with Gasteiger partial charge in [-0.2, -0.15) is 15.8 Å². The molecule has 4 atom stereocenters. The monoisotopic (exact) mass is 308 g/mol. The Morgan fingerprint density at radius 1 is 1.26 bits per heavy atom. The molecule has 2 rings (SSSR count). The molecule has 4 nitrogen and oxygen atoms in total. The van der Waals surface area contributed by atoms with Gasteiger partial charge in [0.15, 0.2) is 5.41 Å². The van der Waals surface area contributed by atoms with Crippen LogP contribution in [0.15, 0.2) is 11.6 Å². The number of rotatable bonds is 1. The fraction of sp³-hybridized carbons (Fsp3) is 0.684. The van der Waals surface area contributed by atoms with Gasteiger partial charge in [0.25, 0.3) is 0 Å². The molecule has 0 saturated heterocycles. The lowest BCUT2D eigenvalue weighted by molar-refractivity contribution is 0.140. The summed E-state index contributed by atoms with van der Waals surface area (Å²) in [6.45, 7) is 8.62. The Labute approximate surface area is 138 Å². The summed E-state index contributed by atoms with van der Waals surface area (Å²) in [5.41, 5.74) is -0.355. The average molecular weight is 308 g/mol. The van der Waals surface area contributed by atoms with E-state index in [0.717, 1.165) is 18.4 Å². The average Bonchev–Trinajstić information content (AvgIpc) is 2.52. The zero-order chi connectivity index (χ0) is 17.4. The van der Waals surface area contributed by atoms with Gasteiger partial charge in [-0.15, -0.1) is 0 Å². The third-order valence-electron chi connectivity index (χ3n) is 5.84. The molecule has 0 amide bonds. The topological polar surface area (TPSA) is 95.2 Å². The zero-order valence-electron chi connectivity index (χ0n) is 14.3. The quantitative estimate of drug-likeness (QED) is 0.734. The predicted octanol–water partition coefficient (Wildman–Crippen LogP) is 4.22. The van der Waals surface area contributed by atoms with Crippen molar-refractivity contribution in [2.24, 2.45) is 34.5 Å². The minimum Gasteiger partial charge on any atom is -0.305 e. The van der Waals surface area contributed by atoms with Crippen LogP contribution in [0.1, 0.15) is 47.0 Å². The second kappa shape index (κ2) is 5.82. The Bertz CT molecular complexity index is 645. The highest BCUT2D eigenvalue weighted by molar-refractivity contribution is 5.99. The van der Waals surface area contributed by atoms with E-state index in [0.29, 0.717) is 12.3 Å². The lowest BCUT2D eigenvalue weighted by Crippen LogP contribution is -2.51. The number of allylic oxidation sites excluding steroid dienone is 2. The Kier molecular flexibility index (Phi) is 4.37. The van der Waals surface area contributed by atoms with Gasteiger partial charge in [0.05, 0.1) is 23.9 Å². The van der Waals surface area contributed by atoms with Crippen molar-refractivity contribution in [1.29, 1.82) is 21.2 Å². The van der Waals surface area contributed by atoms with E-state index in [1.807, 2.05) is 6.92 Å². The van der Waals surface area contributed by atoms with Gasteiger partial charge >= 0.3 is 0 Å². The van der Waals surface area contributed by atoms with Crippen molar-refractivity contribution in [2.45, 2.75) is 47.0 Å². The number of hydrogen-bond donors (Lipinski definition) is 1. The van der Waals surface area contributed by atoms with E-state index >= 15 is 0 Å². The summed E-state index contributed by atoms with van der Waals surface area (Å²) in [6, 6.07) is 6.39. The molecular formula is C19H24N4. The van der Waals surface area contributed by atoms with Crippen molar-refractivity contribution in [3.63, 3.8) is 0 Å². The maximum absolute atomic E-state index is 9.70. The molecule has 0 aliphatic heterocycles. The van der Waals surface area contributed by atoms with Crippen LogP contribution < -0.4 is 0 Å². The van der Waals surface area contributed by atoms with Crippen molar-refractivity contribution in [1.82, 2.24) is 0 Å². The minimum absolute atomic E-state index is 0.0199. The number of nitrogens with zero attached hydrogens (tertiary/aromatic N) is 3. The third-order valence-corrected chi connectivity index (χ3v) is 5.84. The van der Waals surface area contributed by atoms with Crippen molar-refractivity contribution in [2.75, 3.05) is 0 Å². The van der Waals surface area contributed by atoms with Crippen LogP contribution in [0.3, 0.4) is 0 Å². The van der Waals surface area contributed by atoms with E-state index in [2.05, 4.69) is 45.1 Å². The number of hydrogen-bond acceptors (Lipinski definition) is 4. The van der Waals surface area contributed by atoms with Gasteiger partial charge in [-0.1, -0.05) is 33.8 Å². The first-order valence-corrected chi connectivity index (χ1v) is 8.27. The first-order valence-electron chi connectivity index (χ1n) is 8.27. The molecule has 2 aliphatic carbocycles. The highest BCUT2D eigenvalue weighted by Crippen LogP contribution is 2.54. The molecule has 2 aliphatic rings.